The van der Waals surface area contributed by atoms with Gasteiger partial charge < -0.3 is 15.0 Å². The predicted molar refractivity (Wildman–Crippen MR) is 70.7 cm³/mol. The second kappa shape index (κ2) is 5.89. The summed E-state index contributed by atoms with van der Waals surface area (Å²) >= 11 is 5.75. The second-order valence-electron chi connectivity index (χ2n) is 3.88. The molecule has 4 nitrogen and oxygen atoms in total. The summed E-state index contributed by atoms with van der Waals surface area (Å²) in [5.41, 5.74) is 1.98. The van der Waals surface area contributed by atoms with Gasteiger partial charge >= 0.3 is 0 Å². The number of fused-ring (bicyclic) bond motifs is 1. The minimum Gasteiger partial charge on any atom is -0.383 e. The molecule has 1 heterocycles. The molecule has 0 spiro atoms. The molecule has 1 atom stereocenters. The van der Waals surface area contributed by atoms with Crippen LogP contribution in [0.2, 0.25) is 0 Å². The highest BCUT2D eigenvalue weighted by Gasteiger charge is 2.10. The van der Waals surface area contributed by atoms with Gasteiger partial charge in [0.1, 0.15) is 0 Å². The third kappa shape index (κ3) is 3.11. The van der Waals surface area contributed by atoms with Gasteiger partial charge in [-0.05, 0) is 18.6 Å². The quantitative estimate of drug-likeness (QED) is 0.778. The van der Waals surface area contributed by atoms with Crippen LogP contribution in [-0.4, -0.2) is 35.6 Å². The zero-order valence-electron chi connectivity index (χ0n) is 9.74. The Kier molecular flexibility index (Phi) is 4.23. The fourth-order valence-corrected chi connectivity index (χ4v) is 2.01. The van der Waals surface area contributed by atoms with Crippen LogP contribution in [0.4, 0.5) is 5.95 Å². The number of benzene rings is 1. The number of para-hydroxylation sites is 2. The monoisotopic (exact) mass is 253 g/mol. The lowest BCUT2D eigenvalue weighted by Crippen LogP contribution is -2.26. The van der Waals surface area contributed by atoms with E-state index in [0.717, 1.165) is 23.4 Å². The fourth-order valence-electron chi connectivity index (χ4n) is 1.74. The summed E-state index contributed by atoms with van der Waals surface area (Å²) in [7, 11) is 1.68. The number of methoxy groups -OCH3 is 1. The molecular formula is C12H16ClN3O. The summed E-state index contributed by atoms with van der Waals surface area (Å²) < 4.78 is 5.14. The van der Waals surface area contributed by atoms with Crippen LogP contribution in [-0.2, 0) is 4.74 Å². The number of nitrogens with one attached hydrogen (secondary N) is 2. The summed E-state index contributed by atoms with van der Waals surface area (Å²) in [5, 5.41) is 3.29. The Labute approximate surface area is 105 Å². The number of rotatable bonds is 6. The number of alkyl halides is 1. The Hall–Kier alpha value is -1.26. The van der Waals surface area contributed by atoms with Crippen molar-refractivity contribution in [1.82, 2.24) is 9.97 Å². The molecule has 2 aromatic rings. The van der Waals surface area contributed by atoms with Gasteiger partial charge in [0.05, 0.1) is 23.7 Å². The first-order valence-electron chi connectivity index (χ1n) is 5.59. The van der Waals surface area contributed by atoms with Crippen LogP contribution in [0.1, 0.15) is 6.42 Å². The lowest BCUT2D eigenvalue weighted by molar-refractivity contribution is 0.184. The number of hydrogen-bond donors (Lipinski definition) is 2. The van der Waals surface area contributed by atoms with Gasteiger partial charge in [0.15, 0.2) is 0 Å². The van der Waals surface area contributed by atoms with Crippen LogP contribution in [0.5, 0.6) is 0 Å². The molecule has 0 saturated heterocycles. The molecule has 0 radical (unpaired) electrons. The maximum absolute atomic E-state index is 5.75. The van der Waals surface area contributed by atoms with E-state index in [1.807, 2.05) is 24.3 Å². The Morgan fingerprint density at radius 2 is 2.29 bits per heavy atom. The molecule has 0 saturated carbocycles. The fraction of sp³-hybridized carbons (Fsp3) is 0.417. The average molecular weight is 254 g/mol. The van der Waals surface area contributed by atoms with Crippen molar-refractivity contribution in [2.45, 2.75) is 12.5 Å². The average Bonchev–Trinajstić information content (AvgIpc) is 2.71. The molecule has 17 heavy (non-hydrogen) atoms. The van der Waals surface area contributed by atoms with Crippen molar-refractivity contribution >= 4 is 28.6 Å². The standard InChI is InChI=1S/C12H16ClN3O/c1-17-8-9(6-7-13)14-12-15-10-4-2-3-5-11(10)16-12/h2-5,9H,6-8H2,1H3,(H2,14,15,16). The summed E-state index contributed by atoms with van der Waals surface area (Å²) in [6.07, 6.45) is 0.840. The highest BCUT2D eigenvalue weighted by molar-refractivity contribution is 6.17. The molecule has 0 bridgehead atoms. The van der Waals surface area contributed by atoms with Gasteiger partial charge in [0, 0.05) is 13.0 Å². The highest BCUT2D eigenvalue weighted by Crippen LogP contribution is 2.14. The molecule has 1 unspecified atom stereocenters. The first kappa shape index (κ1) is 12.2. The SMILES string of the molecule is COCC(CCCl)Nc1nc2ccccc2[nH]1. The van der Waals surface area contributed by atoms with Crippen LogP contribution in [0.3, 0.4) is 0 Å². The Morgan fingerprint density at radius 3 is 3.00 bits per heavy atom. The Morgan fingerprint density at radius 1 is 1.47 bits per heavy atom. The summed E-state index contributed by atoms with van der Waals surface area (Å²) in [4.78, 5) is 7.67. The molecule has 1 aromatic heterocycles. The topological polar surface area (TPSA) is 49.9 Å². The molecule has 1 aromatic carbocycles. The lowest BCUT2D eigenvalue weighted by Gasteiger charge is -2.15. The molecule has 0 aliphatic rings. The Bertz CT molecular complexity index is 432. The summed E-state index contributed by atoms with van der Waals surface area (Å²) in [6.45, 7) is 0.615. The summed E-state index contributed by atoms with van der Waals surface area (Å²) in [5.74, 6) is 1.36. The van der Waals surface area contributed by atoms with Crippen molar-refractivity contribution in [3.8, 4) is 0 Å². The van der Waals surface area contributed by atoms with Gasteiger partial charge in [-0.25, -0.2) is 4.98 Å². The van der Waals surface area contributed by atoms with Gasteiger partial charge in [-0.15, -0.1) is 11.6 Å². The lowest BCUT2D eigenvalue weighted by atomic mass is 10.2. The predicted octanol–water partition coefficient (Wildman–Crippen LogP) is 2.62. The normalized spacial score (nSPS) is 12.8. The van der Waals surface area contributed by atoms with E-state index in [4.69, 9.17) is 16.3 Å². The molecule has 0 aliphatic carbocycles. The van der Waals surface area contributed by atoms with Gasteiger partial charge in [-0.3, -0.25) is 0 Å². The van der Waals surface area contributed by atoms with E-state index in [2.05, 4.69) is 15.3 Å². The third-order valence-electron chi connectivity index (χ3n) is 2.56. The maximum Gasteiger partial charge on any atom is 0.201 e. The number of imidazole rings is 1. The van der Waals surface area contributed by atoms with E-state index in [1.54, 1.807) is 7.11 Å². The van der Waals surface area contributed by atoms with E-state index in [1.165, 1.54) is 0 Å². The number of H-pyrrole nitrogens is 1. The third-order valence-corrected chi connectivity index (χ3v) is 2.77. The van der Waals surface area contributed by atoms with Gasteiger partial charge in [0.2, 0.25) is 5.95 Å². The van der Waals surface area contributed by atoms with Crippen LogP contribution in [0, 0.1) is 0 Å². The molecule has 0 aliphatic heterocycles. The zero-order valence-corrected chi connectivity index (χ0v) is 10.5. The zero-order chi connectivity index (χ0) is 12.1. The van der Waals surface area contributed by atoms with Crippen molar-refractivity contribution in [1.29, 1.82) is 0 Å². The smallest absolute Gasteiger partial charge is 0.201 e. The van der Waals surface area contributed by atoms with E-state index in [0.29, 0.717) is 12.5 Å². The first-order valence-corrected chi connectivity index (χ1v) is 6.13. The number of nitrogens with zero attached hydrogens (tertiary/aromatic N) is 1. The second-order valence-corrected chi connectivity index (χ2v) is 4.25. The minimum absolute atomic E-state index is 0.179. The number of aromatic amines is 1. The van der Waals surface area contributed by atoms with E-state index < -0.39 is 0 Å². The molecule has 2 rings (SSSR count). The Balaban J connectivity index is 2.10. The van der Waals surface area contributed by atoms with Gasteiger partial charge in [0.25, 0.3) is 0 Å². The summed E-state index contributed by atoms with van der Waals surface area (Å²) in [6, 6.07) is 8.11. The minimum atomic E-state index is 0.179. The van der Waals surface area contributed by atoms with Crippen LogP contribution in [0.15, 0.2) is 24.3 Å². The molecule has 92 valence electrons. The number of hydrogen-bond acceptors (Lipinski definition) is 3. The van der Waals surface area contributed by atoms with Crippen LogP contribution < -0.4 is 5.32 Å². The molecule has 0 fully saturated rings. The largest absolute Gasteiger partial charge is 0.383 e. The van der Waals surface area contributed by atoms with E-state index >= 15 is 0 Å². The number of aromatic nitrogens is 2. The molecule has 2 N–H and O–H groups in total. The van der Waals surface area contributed by atoms with Gasteiger partial charge in [-0.1, -0.05) is 12.1 Å². The van der Waals surface area contributed by atoms with Crippen molar-refractivity contribution < 1.29 is 4.74 Å². The molecule has 0 amide bonds. The van der Waals surface area contributed by atoms with E-state index in [-0.39, 0.29) is 6.04 Å². The van der Waals surface area contributed by atoms with Crippen molar-refractivity contribution in [2.24, 2.45) is 0 Å². The van der Waals surface area contributed by atoms with Crippen LogP contribution in [0.25, 0.3) is 11.0 Å². The van der Waals surface area contributed by atoms with Crippen molar-refractivity contribution in [2.75, 3.05) is 24.9 Å². The van der Waals surface area contributed by atoms with Crippen molar-refractivity contribution in [3.63, 3.8) is 0 Å². The van der Waals surface area contributed by atoms with Crippen molar-refractivity contribution in [3.05, 3.63) is 24.3 Å². The molecular weight excluding hydrogens is 238 g/mol. The first-order chi connectivity index (χ1) is 8.33. The maximum atomic E-state index is 5.75. The number of ether oxygens (including phenoxy) is 1. The van der Waals surface area contributed by atoms with E-state index in [9.17, 15) is 0 Å². The molecule has 5 heteroatoms. The highest BCUT2D eigenvalue weighted by atomic mass is 35.5. The van der Waals surface area contributed by atoms with Crippen LogP contribution >= 0.6 is 11.6 Å². The van der Waals surface area contributed by atoms with Gasteiger partial charge in [-0.2, -0.15) is 0 Å². The number of halogens is 1. The number of anilines is 1.